The van der Waals surface area contributed by atoms with Crippen LogP contribution in [0.4, 0.5) is 45.5 Å². The molecule has 0 bridgehead atoms. The van der Waals surface area contributed by atoms with Crippen molar-refractivity contribution < 1.29 is 0 Å². The van der Waals surface area contributed by atoms with E-state index in [1.807, 2.05) is 0 Å². The minimum absolute atomic E-state index is 0.546. The lowest BCUT2D eigenvalue weighted by molar-refractivity contribution is 0.224. The van der Waals surface area contributed by atoms with E-state index < -0.39 is 0 Å². The zero-order valence-electron chi connectivity index (χ0n) is 48.2. The molecule has 2 aliphatic rings. The van der Waals surface area contributed by atoms with Gasteiger partial charge in [-0.25, -0.2) is 0 Å². The Morgan fingerprint density at radius 1 is 0.329 bits per heavy atom. The van der Waals surface area contributed by atoms with Gasteiger partial charge in [0.25, 0.3) is 0 Å². The maximum absolute atomic E-state index is 2.40. The number of benzene rings is 8. The van der Waals surface area contributed by atoms with Crippen LogP contribution in [0.2, 0.25) is 0 Å². The molecule has 396 valence electrons. The molecule has 0 unspecified atom stereocenters. The molecule has 0 amide bonds. The molecule has 2 saturated carbocycles. The van der Waals surface area contributed by atoms with E-state index in [1.165, 1.54) is 136 Å². The Morgan fingerprint density at radius 2 is 0.579 bits per heavy atom. The molecule has 76 heavy (non-hydrogen) atoms. The van der Waals surface area contributed by atoms with Crippen LogP contribution in [0, 0.1) is 33.1 Å². The highest BCUT2D eigenvalue weighted by atomic mass is 15.1. The molecule has 0 radical (unpaired) electrons. The van der Waals surface area contributed by atoms with E-state index in [4.69, 9.17) is 0 Å². The van der Waals surface area contributed by atoms with Gasteiger partial charge in [-0.2, -0.15) is 0 Å². The fraction of sp³-hybridized carbons (Fsp3) is 0.333. The smallest absolute Gasteiger partial charge is 0.0408 e. The van der Waals surface area contributed by atoms with Crippen molar-refractivity contribution in [2.45, 2.75) is 125 Å². The average Bonchev–Trinajstić information content (AvgIpc) is 4.00. The quantitative estimate of drug-likeness (QED) is 0.128. The summed E-state index contributed by atoms with van der Waals surface area (Å²) in [6.07, 6.45) is 10.9. The molecule has 0 heterocycles. The van der Waals surface area contributed by atoms with Crippen LogP contribution in [0.15, 0.2) is 200 Å². The molecule has 0 atom stereocenters. The van der Waals surface area contributed by atoms with Gasteiger partial charge in [0.1, 0.15) is 0 Å². The Bertz CT molecular complexity index is 2860. The highest BCUT2D eigenvalue weighted by molar-refractivity contribution is 5.66. The number of hydrogen-bond donors (Lipinski definition) is 0. The molecule has 2 aliphatic carbocycles. The van der Waals surface area contributed by atoms with Crippen LogP contribution in [0.1, 0.15) is 136 Å². The Kier molecular flexibility index (Phi) is 20.2. The summed E-state index contributed by atoms with van der Waals surface area (Å²) in [6, 6.07) is 72.1. The first-order valence-electron chi connectivity index (χ1n) is 28.1. The number of hydrogen-bond acceptors (Lipinski definition) is 4. The number of para-hydroxylation sites is 1. The Balaban J connectivity index is 0.000000148. The van der Waals surface area contributed by atoms with Crippen molar-refractivity contribution in [1.29, 1.82) is 0 Å². The minimum atomic E-state index is 0.546. The van der Waals surface area contributed by atoms with Crippen LogP contribution < -0.4 is 19.6 Å². The predicted octanol–water partition coefficient (Wildman–Crippen LogP) is 20.5. The molecular weight excluding hydrogens is 921 g/mol. The first kappa shape index (κ1) is 56.7. The molecule has 4 heteroatoms. The van der Waals surface area contributed by atoms with Gasteiger partial charge in [0.15, 0.2) is 0 Å². The molecule has 0 aromatic heterocycles. The van der Waals surface area contributed by atoms with Gasteiger partial charge < -0.3 is 19.6 Å². The Hall–Kier alpha value is -7.04. The highest BCUT2D eigenvalue weighted by Gasteiger charge is 2.27. The third-order valence-electron chi connectivity index (χ3n) is 16.0. The molecule has 10 rings (SSSR count). The van der Waals surface area contributed by atoms with Crippen molar-refractivity contribution in [3.63, 3.8) is 0 Å². The zero-order chi connectivity index (χ0) is 54.2. The van der Waals surface area contributed by atoms with Gasteiger partial charge >= 0.3 is 0 Å². The van der Waals surface area contributed by atoms with Gasteiger partial charge in [0.2, 0.25) is 0 Å². The summed E-state index contributed by atoms with van der Waals surface area (Å²) in [5.41, 5.74) is 20.0. The first-order valence-corrected chi connectivity index (χ1v) is 28.1. The number of rotatable bonds is 11. The summed E-state index contributed by atoms with van der Waals surface area (Å²) in [5.74, 6) is 2.14. The molecule has 2 fully saturated rings. The van der Waals surface area contributed by atoms with Gasteiger partial charge in [-0.1, -0.05) is 166 Å². The van der Waals surface area contributed by atoms with Crippen molar-refractivity contribution in [3.8, 4) is 0 Å². The molecule has 8 aromatic rings. The standard InChI is InChI=1S/C21H27N.C19H23N.C17H21N.C15H17N/c1-21(2)15-13-18(14-16-21)17-9-11-20(12-10-17)22(3)19-7-5-4-6-8-19;1-15-7-11-18(12-8-15)20(2)19-13-9-17(10-14-19)16-5-3-4-6-16;1-13(2)15-7-11-17(12-8-15)18(4)16-9-5-14(3)6-10-16;1-12-4-8-14(9-5-12)16(3)15-10-6-13(2)7-11-15/h4-12,18H,13-16H2,1-3H3;7-14,16H,3-6H2,1-2H3;5-13H,1-4H3;4-11H,1-3H3. The molecule has 4 nitrogen and oxygen atoms in total. The maximum Gasteiger partial charge on any atom is 0.0408 e. The van der Waals surface area contributed by atoms with E-state index in [0.29, 0.717) is 11.3 Å². The summed E-state index contributed by atoms with van der Waals surface area (Å²) in [7, 11) is 8.47. The van der Waals surface area contributed by atoms with Crippen LogP contribution in [0.5, 0.6) is 0 Å². The van der Waals surface area contributed by atoms with E-state index in [2.05, 4.69) is 303 Å². The van der Waals surface area contributed by atoms with Crippen molar-refractivity contribution in [2.24, 2.45) is 5.41 Å². The van der Waals surface area contributed by atoms with Crippen LogP contribution in [0.25, 0.3) is 0 Å². The molecule has 8 aromatic carbocycles. The lowest BCUT2D eigenvalue weighted by atomic mass is 9.71. The highest BCUT2D eigenvalue weighted by Crippen LogP contribution is 2.43. The maximum atomic E-state index is 2.40. The summed E-state index contributed by atoms with van der Waals surface area (Å²) in [5, 5.41) is 0. The zero-order valence-corrected chi connectivity index (χ0v) is 48.2. The Labute approximate surface area is 460 Å². The van der Waals surface area contributed by atoms with Gasteiger partial charge in [0, 0.05) is 73.7 Å². The molecule has 0 aliphatic heterocycles. The summed E-state index contributed by atoms with van der Waals surface area (Å²) in [4.78, 5) is 8.90. The van der Waals surface area contributed by atoms with E-state index in [0.717, 1.165) is 11.8 Å². The largest absolute Gasteiger partial charge is 0.345 e. The fourth-order valence-electron chi connectivity index (χ4n) is 10.3. The van der Waals surface area contributed by atoms with Crippen molar-refractivity contribution >= 4 is 45.5 Å². The average molecular weight is 1010 g/mol. The Morgan fingerprint density at radius 3 is 0.868 bits per heavy atom. The second-order valence-electron chi connectivity index (χ2n) is 22.8. The number of nitrogens with zero attached hydrogens (tertiary/aromatic N) is 4. The molecule has 0 saturated heterocycles. The fourth-order valence-corrected chi connectivity index (χ4v) is 10.3. The second kappa shape index (κ2) is 27.1. The lowest BCUT2D eigenvalue weighted by Gasteiger charge is -2.34. The minimum Gasteiger partial charge on any atom is -0.345 e. The van der Waals surface area contributed by atoms with Crippen LogP contribution in [-0.4, -0.2) is 28.2 Å². The van der Waals surface area contributed by atoms with E-state index in [1.54, 1.807) is 0 Å². The van der Waals surface area contributed by atoms with Gasteiger partial charge in [-0.15, -0.1) is 0 Å². The number of anilines is 8. The third kappa shape index (κ3) is 16.2. The summed E-state index contributed by atoms with van der Waals surface area (Å²) < 4.78 is 0. The lowest BCUT2D eigenvalue weighted by Crippen LogP contribution is -2.20. The van der Waals surface area contributed by atoms with E-state index >= 15 is 0 Å². The van der Waals surface area contributed by atoms with E-state index in [9.17, 15) is 0 Å². The second-order valence-corrected chi connectivity index (χ2v) is 22.8. The monoisotopic (exact) mass is 1010 g/mol. The molecular formula is C72H88N4. The van der Waals surface area contributed by atoms with Crippen molar-refractivity contribution in [3.05, 3.63) is 239 Å². The predicted molar refractivity (Wildman–Crippen MR) is 333 cm³/mol. The molecule has 0 spiro atoms. The SMILES string of the molecule is CN(c1ccccc1)c1ccc(C2CCC(C)(C)CC2)cc1.Cc1ccc(N(C)c2ccc(C(C)C)cc2)cc1.Cc1ccc(N(C)c2ccc(C)cc2)cc1.Cc1ccc(N(C)c2ccc(C3CCCC3)cc2)cc1. The van der Waals surface area contributed by atoms with Gasteiger partial charge in [0.05, 0.1) is 0 Å². The first-order chi connectivity index (χ1) is 36.5. The van der Waals surface area contributed by atoms with Gasteiger partial charge in [-0.3, -0.25) is 0 Å². The summed E-state index contributed by atoms with van der Waals surface area (Å²) in [6.45, 7) is 17.7. The van der Waals surface area contributed by atoms with E-state index in [-0.39, 0.29) is 0 Å². The van der Waals surface area contributed by atoms with Crippen LogP contribution in [0.3, 0.4) is 0 Å². The van der Waals surface area contributed by atoms with Gasteiger partial charge in [-0.05, 0) is 203 Å². The normalized spacial score (nSPS) is 14.0. The molecule has 0 N–H and O–H groups in total. The topological polar surface area (TPSA) is 13.0 Å². The van der Waals surface area contributed by atoms with Crippen LogP contribution in [-0.2, 0) is 0 Å². The number of aryl methyl sites for hydroxylation is 4. The van der Waals surface area contributed by atoms with Crippen molar-refractivity contribution in [1.82, 2.24) is 0 Å². The summed E-state index contributed by atoms with van der Waals surface area (Å²) >= 11 is 0. The third-order valence-corrected chi connectivity index (χ3v) is 16.0. The van der Waals surface area contributed by atoms with Crippen molar-refractivity contribution in [2.75, 3.05) is 47.8 Å². The van der Waals surface area contributed by atoms with Crippen LogP contribution >= 0.6 is 0 Å².